The second kappa shape index (κ2) is 7.75. The monoisotopic (exact) mass is 382 g/mol. The summed E-state index contributed by atoms with van der Waals surface area (Å²) in [5.74, 6) is -1.40. The van der Waals surface area contributed by atoms with Crippen molar-refractivity contribution in [3.63, 3.8) is 0 Å². The first-order valence-corrected chi connectivity index (χ1v) is 10.1. The maximum Gasteiger partial charge on any atom is 0.305 e. The molecule has 2 rings (SSSR count). The Bertz CT molecular complexity index is 783. The van der Waals surface area contributed by atoms with Crippen LogP contribution in [0.2, 0.25) is 0 Å². The van der Waals surface area contributed by atoms with Crippen molar-refractivity contribution in [2.24, 2.45) is 0 Å². The van der Waals surface area contributed by atoms with E-state index in [1.165, 1.54) is 35.6 Å². The number of amides is 1. The van der Waals surface area contributed by atoms with Gasteiger partial charge in [-0.1, -0.05) is 18.9 Å². The first kappa shape index (κ1) is 20.4. The van der Waals surface area contributed by atoms with Gasteiger partial charge in [-0.05, 0) is 44.9 Å². The second-order valence-electron chi connectivity index (χ2n) is 7.15. The van der Waals surface area contributed by atoms with Gasteiger partial charge in [0.25, 0.3) is 5.91 Å². The van der Waals surface area contributed by atoms with E-state index in [0.29, 0.717) is 12.8 Å². The number of carbonyl (C=O) groups excluding carboxylic acids is 1. The molecule has 0 aromatic heterocycles. The van der Waals surface area contributed by atoms with Gasteiger partial charge in [0.2, 0.25) is 10.0 Å². The molecule has 0 unspecified atom stereocenters. The van der Waals surface area contributed by atoms with Crippen LogP contribution in [0.4, 0.5) is 0 Å². The standard InChI is InChI=1S/C18H26N2O5S/c1-13(2)20(3)26(24,25)15-8-6-7-14(11-15)17(23)19-18(12-16(21)22)9-4-5-10-18/h6-8,11,13H,4-5,9-10,12H2,1-3H3,(H,19,23)(H,21,22). The number of nitrogens with zero attached hydrogens (tertiary/aromatic N) is 1. The second-order valence-corrected chi connectivity index (χ2v) is 9.15. The Hall–Kier alpha value is -1.93. The van der Waals surface area contributed by atoms with Gasteiger partial charge in [-0.15, -0.1) is 0 Å². The van der Waals surface area contributed by atoms with Crippen LogP contribution in [-0.4, -0.2) is 48.3 Å². The third-order valence-corrected chi connectivity index (χ3v) is 6.96. The van der Waals surface area contributed by atoms with E-state index in [-0.39, 0.29) is 22.9 Å². The molecule has 144 valence electrons. The van der Waals surface area contributed by atoms with Crippen molar-refractivity contribution in [2.45, 2.75) is 62.4 Å². The van der Waals surface area contributed by atoms with E-state index >= 15 is 0 Å². The highest BCUT2D eigenvalue weighted by atomic mass is 32.2. The number of carboxylic acid groups (broad SMARTS) is 1. The Morgan fingerprint density at radius 3 is 2.42 bits per heavy atom. The van der Waals surface area contributed by atoms with Crippen LogP contribution in [-0.2, 0) is 14.8 Å². The normalized spacial score (nSPS) is 16.8. The number of sulfonamides is 1. The third kappa shape index (κ3) is 4.42. The number of benzene rings is 1. The maximum atomic E-state index is 12.7. The molecule has 0 spiro atoms. The molecule has 26 heavy (non-hydrogen) atoms. The number of hydrogen-bond acceptors (Lipinski definition) is 4. The van der Waals surface area contributed by atoms with Gasteiger partial charge >= 0.3 is 5.97 Å². The predicted molar refractivity (Wildman–Crippen MR) is 97.4 cm³/mol. The zero-order chi connectivity index (χ0) is 19.5. The lowest BCUT2D eigenvalue weighted by molar-refractivity contribution is -0.138. The lowest BCUT2D eigenvalue weighted by Gasteiger charge is -2.29. The highest BCUT2D eigenvalue weighted by Crippen LogP contribution is 2.33. The van der Waals surface area contributed by atoms with Crippen LogP contribution in [0.5, 0.6) is 0 Å². The van der Waals surface area contributed by atoms with E-state index in [0.717, 1.165) is 12.8 Å². The molecule has 0 heterocycles. The zero-order valence-corrected chi connectivity index (χ0v) is 16.2. The zero-order valence-electron chi connectivity index (χ0n) is 15.4. The van der Waals surface area contributed by atoms with E-state index in [1.54, 1.807) is 13.8 Å². The summed E-state index contributed by atoms with van der Waals surface area (Å²) >= 11 is 0. The van der Waals surface area contributed by atoms with Crippen LogP contribution in [0.3, 0.4) is 0 Å². The molecule has 1 amide bonds. The summed E-state index contributed by atoms with van der Waals surface area (Å²) in [5, 5.41) is 12.0. The summed E-state index contributed by atoms with van der Waals surface area (Å²) in [6.07, 6.45) is 2.81. The van der Waals surface area contributed by atoms with Crippen LogP contribution in [0, 0.1) is 0 Å². The number of aliphatic carboxylic acids is 1. The molecule has 1 aliphatic rings. The van der Waals surface area contributed by atoms with E-state index in [2.05, 4.69) is 5.32 Å². The van der Waals surface area contributed by atoms with Crippen LogP contribution in [0.15, 0.2) is 29.2 Å². The first-order valence-electron chi connectivity index (χ1n) is 8.70. The molecule has 1 aromatic rings. The minimum Gasteiger partial charge on any atom is -0.481 e. The van der Waals surface area contributed by atoms with Gasteiger partial charge in [0.15, 0.2) is 0 Å². The van der Waals surface area contributed by atoms with Crippen molar-refractivity contribution in [2.75, 3.05) is 7.05 Å². The number of rotatable bonds is 7. The highest BCUT2D eigenvalue weighted by Gasteiger charge is 2.37. The summed E-state index contributed by atoms with van der Waals surface area (Å²) in [4.78, 5) is 23.9. The minimum atomic E-state index is -3.70. The Labute approximate surface area is 154 Å². The molecule has 2 N–H and O–H groups in total. The van der Waals surface area contributed by atoms with E-state index in [4.69, 9.17) is 5.11 Å². The fraction of sp³-hybridized carbons (Fsp3) is 0.556. The topological polar surface area (TPSA) is 104 Å². The molecule has 1 saturated carbocycles. The third-order valence-electron chi connectivity index (χ3n) is 4.93. The lowest BCUT2D eigenvalue weighted by Crippen LogP contribution is -2.47. The average molecular weight is 382 g/mol. The number of carbonyl (C=O) groups is 2. The quantitative estimate of drug-likeness (QED) is 0.753. The fourth-order valence-corrected chi connectivity index (χ4v) is 4.66. The molecule has 0 aliphatic heterocycles. The van der Waals surface area contributed by atoms with Gasteiger partial charge in [0, 0.05) is 18.7 Å². The SMILES string of the molecule is CC(C)N(C)S(=O)(=O)c1cccc(C(=O)NC2(CC(=O)O)CCCC2)c1. The Balaban J connectivity index is 2.27. The lowest BCUT2D eigenvalue weighted by atomic mass is 9.92. The molecule has 0 saturated heterocycles. The van der Waals surface area contributed by atoms with Crippen molar-refractivity contribution >= 4 is 21.9 Å². The largest absolute Gasteiger partial charge is 0.481 e. The van der Waals surface area contributed by atoms with Gasteiger partial charge in [-0.25, -0.2) is 8.42 Å². The molecule has 1 aromatic carbocycles. The van der Waals surface area contributed by atoms with Gasteiger partial charge in [-0.2, -0.15) is 4.31 Å². The van der Waals surface area contributed by atoms with Crippen molar-refractivity contribution in [3.05, 3.63) is 29.8 Å². The average Bonchev–Trinajstić information content (AvgIpc) is 3.01. The smallest absolute Gasteiger partial charge is 0.305 e. The van der Waals surface area contributed by atoms with E-state index in [1.807, 2.05) is 0 Å². The number of nitrogens with one attached hydrogen (secondary N) is 1. The van der Waals surface area contributed by atoms with Crippen LogP contribution < -0.4 is 5.32 Å². The number of hydrogen-bond donors (Lipinski definition) is 2. The molecule has 8 heteroatoms. The molecule has 1 fully saturated rings. The summed E-state index contributed by atoms with van der Waals surface area (Å²) in [7, 11) is -2.20. The first-order chi connectivity index (χ1) is 12.1. The van der Waals surface area contributed by atoms with Crippen molar-refractivity contribution in [3.8, 4) is 0 Å². The summed E-state index contributed by atoms with van der Waals surface area (Å²) in [6.45, 7) is 3.54. The fourth-order valence-electron chi connectivity index (χ4n) is 3.24. The molecule has 1 aliphatic carbocycles. The summed E-state index contributed by atoms with van der Waals surface area (Å²) < 4.78 is 26.5. The highest BCUT2D eigenvalue weighted by molar-refractivity contribution is 7.89. The van der Waals surface area contributed by atoms with Crippen LogP contribution in [0.1, 0.15) is 56.3 Å². The van der Waals surface area contributed by atoms with Crippen LogP contribution in [0.25, 0.3) is 0 Å². The molecule has 0 radical (unpaired) electrons. The van der Waals surface area contributed by atoms with Crippen molar-refractivity contribution in [1.29, 1.82) is 0 Å². The van der Waals surface area contributed by atoms with E-state index in [9.17, 15) is 18.0 Å². The molecule has 7 nitrogen and oxygen atoms in total. The number of carboxylic acids is 1. The van der Waals surface area contributed by atoms with Gasteiger partial charge in [-0.3, -0.25) is 9.59 Å². The molecule has 0 bridgehead atoms. The molecule has 0 atom stereocenters. The predicted octanol–water partition coefficient (Wildman–Crippen LogP) is 2.23. The Morgan fingerprint density at radius 2 is 1.88 bits per heavy atom. The molecular weight excluding hydrogens is 356 g/mol. The summed E-state index contributed by atoms with van der Waals surface area (Å²) in [5.41, 5.74) is -0.549. The van der Waals surface area contributed by atoms with Crippen molar-refractivity contribution in [1.82, 2.24) is 9.62 Å². The minimum absolute atomic E-state index is 0.0417. The van der Waals surface area contributed by atoms with E-state index < -0.39 is 27.4 Å². The summed E-state index contributed by atoms with van der Waals surface area (Å²) in [6, 6.07) is 5.64. The maximum absolute atomic E-state index is 12.7. The Kier molecular flexibility index (Phi) is 6.08. The molecular formula is C18H26N2O5S. The van der Waals surface area contributed by atoms with Gasteiger partial charge < -0.3 is 10.4 Å². The van der Waals surface area contributed by atoms with Crippen molar-refractivity contribution < 1.29 is 23.1 Å². The van der Waals surface area contributed by atoms with Gasteiger partial charge in [0.1, 0.15) is 0 Å². The van der Waals surface area contributed by atoms with Crippen LogP contribution >= 0.6 is 0 Å². The Morgan fingerprint density at radius 1 is 1.27 bits per heavy atom. The van der Waals surface area contributed by atoms with Gasteiger partial charge in [0.05, 0.1) is 16.9 Å².